The van der Waals surface area contributed by atoms with E-state index < -0.39 is 12.0 Å². The molecule has 1 saturated heterocycles. The quantitative estimate of drug-likeness (QED) is 0.508. The molecule has 0 aliphatic carbocycles. The summed E-state index contributed by atoms with van der Waals surface area (Å²) in [7, 11) is 0. The highest BCUT2D eigenvalue weighted by atomic mass is 16.3. The Morgan fingerprint density at radius 1 is 1.77 bits per heavy atom. The monoisotopic (exact) mass is 187 g/mol. The summed E-state index contributed by atoms with van der Waals surface area (Å²) in [5.41, 5.74) is 2.30. The first-order valence-corrected chi connectivity index (χ1v) is 4.15. The number of urea groups is 1. The van der Waals surface area contributed by atoms with Gasteiger partial charge in [-0.05, 0) is 13.3 Å². The van der Waals surface area contributed by atoms with Gasteiger partial charge >= 0.3 is 6.03 Å². The Kier molecular flexibility index (Phi) is 3.07. The molecule has 1 aliphatic rings. The van der Waals surface area contributed by atoms with Crippen molar-refractivity contribution in [3.8, 4) is 0 Å². The second kappa shape index (κ2) is 4.08. The van der Waals surface area contributed by atoms with Crippen LogP contribution in [-0.2, 0) is 4.79 Å². The van der Waals surface area contributed by atoms with E-state index in [2.05, 4.69) is 10.7 Å². The van der Waals surface area contributed by atoms with Crippen LogP contribution in [0.2, 0.25) is 0 Å². The molecule has 74 valence electrons. The van der Waals surface area contributed by atoms with Crippen molar-refractivity contribution in [2.45, 2.75) is 19.4 Å². The molecule has 0 aromatic heterocycles. The van der Waals surface area contributed by atoms with Crippen LogP contribution in [-0.4, -0.2) is 41.2 Å². The Hall–Kier alpha value is -1.30. The molecule has 6 heteroatoms. The van der Waals surface area contributed by atoms with Crippen molar-refractivity contribution in [3.63, 3.8) is 0 Å². The topological polar surface area (TPSA) is 81.7 Å². The van der Waals surface area contributed by atoms with Crippen molar-refractivity contribution in [2.75, 3.05) is 13.1 Å². The van der Waals surface area contributed by atoms with Gasteiger partial charge in [0.05, 0.1) is 0 Å². The lowest BCUT2D eigenvalue weighted by molar-refractivity contribution is -0.132. The molecular weight excluding hydrogens is 174 g/mol. The first kappa shape index (κ1) is 9.79. The lowest BCUT2D eigenvalue weighted by Gasteiger charge is -2.27. The number of carbonyl (C=O) groups excluding carboxylic acids is 2. The van der Waals surface area contributed by atoms with Gasteiger partial charge in [0.25, 0.3) is 5.91 Å². The average molecular weight is 187 g/mol. The normalized spacial score (nSPS) is 19.2. The third-order valence-electron chi connectivity index (χ3n) is 1.70. The zero-order valence-electron chi connectivity index (χ0n) is 7.41. The molecule has 3 N–H and O–H groups in total. The van der Waals surface area contributed by atoms with E-state index in [0.29, 0.717) is 13.1 Å². The fourth-order valence-electron chi connectivity index (χ4n) is 0.963. The van der Waals surface area contributed by atoms with Gasteiger partial charge in [0, 0.05) is 13.1 Å². The van der Waals surface area contributed by atoms with E-state index in [1.54, 1.807) is 0 Å². The van der Waals surface area contributed by atoms with Crippen LogP contribution in [0.25, 0.3) is 0 Å². The molecular formula is C7H13N3O3. The molecule has 1 fully saturated rings. The number of hydrogen-bond donors (Lipinski definition) is 3. The molecule has 6 nitrogen and oxygen atoms in total. The standard InChI is InChI=1S/C7H13N3O3/c1-5(11)6(12)9-10-4-2-3-8-7(10)13/h5,11H,2-4H2,1H3,(H,8,13)(H,9,12). The van der Waals surface area contributed by atoms with E-state index in [9.17, 15) is 9.59 Å². The van der Waals surface area contributed by atoms with Crippen molar-refractivity contribution in [1.29, 1.82) is 0 Å². The molecule has 1 atom stereocenters. The molecule has 0 saturated carbocycles. The predicted octanol–water partition coefficient (Wildman–Crippen LogP) is -1.19. The maximum absolute atomic E-state index is 11.1. The van der Waals surface area contributed by atoms with Gasteiger partial charge in [-0.25, -0.2) is 9.80 Å². The lowest BCUT2D eigenvalue weighted by Crippen LogP contribution is -2.56. The average Bonchev–Trinajstić information content (AvgIpc) is 2.08. The molecule has 0 aromatic carbocycles. The highest BCUT2D eigenvalue weighted by Crippen LogP contribution is 1.95. The van der Waals surface area contributed by atoms with Crippen LogP contribution >= 0.6 is 0 Å². The summed E-state index contributed by atoms with van der Waals surface area (Å²) in [5, 5.41) is 12.6. The second-order valence-corrected chi connectivity index (χ2v) is 2.89. The molecule has 0 bridgehead atoms. The Labute approximate surface area is 75.9 Å². The van der Waals surface area contributed by atoms with Gasteiger partial charge in [0.2, 0.25) is 0 Å². The Bertz CT molecular complexity index is 217. The van der Waals surface area contributed by atoms with E-state index in [0.717, 1.165) is 6.42 Å². The molecule has 3 amide bonds. The molecule has 13 heavy (non-hydrogen) atoms. The van der Waals surface area contributed by atoms with Gasteiger partial charge in [0.1, 0.15) is 6.10 Å². The van der Waals surface area contributed by atoms with E-state index in [1.807, 2.05) is 0 Å². The van der Waals surface area contributed by atoms with E-state index in [-0.39, 0.29) is 6.03 Å². The number of hydrogen-bond acceptors (Lipinski definition) is 3. The van der Waals surface area contributed by atoms with Crippen LogP contribution in [0.15, 0.2) is 0 Å². The van der Waals surface area contributed by atoms with E-state index in [1.165, 1.54) is 11.9 Å². The minimum absolute atomic E-state index is 0.333. The summed E-state index contributed by atoms with van der Waals surface area (Å²) < 4.78 is 0. The number of hydrazine groups is 1. The summed E-state index contributed by atoms with van der Waals surface area (Å²) in [4.78, 5) is 22.0. The molecule has 0 spiro atoms. The van der Waals surface area contributed by atoms with Crippen molar-refractivity contribution in [2.24, 2.45) is 0 Å². The SMILES string of the molecule is CC(O)C(=O)NN1CCCNC1=O. The highest BCUT2D eigenvalue weighted by molar-refractivity contribution is 5.83. The fraction of sp³-hybridized carbons (Fsp3) is 0.714. The van der Waals surface area contributed by atoms with Gasteiger partial charge in [-0.2, -0.15) is 0 Å². The number of nitrogens with zero attached hydrogens (tertiary/aromatic N) is 1. The maximum atomic E-state index is 11.1. The third-order valence-corrected chi connectivity index (χ3v) is 1.70. The van der Waals surface area contributed by atoms with Crippen LogP contribution < -0.4 is 10.7 Å². The smallest absolute Gasteiger partial charge is 0.336 e. The van der Waals surface area contributed by atoms with E-state index >= 15 is 0 Å². The summed E-state index contributed by atoms with van der Waals surface area (Å²) in [6.07, 6.45) is -0.319. The van der Waals surface area contributed by atoms with E-state index in [4.69, 9.17) is 5.11 Å². The minimum Gasteiger partial charge on any atom is -0.383 e. The lowest BCUT2D eigenvalue weighted by atomic mass is 10.3. The van der Waals surface area contributed by atoms with Gasteiger partial charge in [-0.3, -0.25) is 10.2 Å². The van der Waals surface area contributed by atoms with Gasteiger partial charge in [0.15, 0.2) is 0 Å². The van der Waals surface area contributed by atoms with Gasteiger partial charge in [-0.15, -0.1) is 0 Å². The van der Waals surface area contributed by atoms with Crippen molar-refractivity contribution < 1.29 is 14.7 Å². The van der Waals surface area contributed by atoms with Crippen LogP contribution in [0.4, 0.5) is 4.79 Å². The number of nitrogens with one attached hydrogen (secondary N) is 2. The predicted molar refractivity (Wildman–Crippen MR) is 44.5 cm³/mol. The van der Waals surface area contributed by atoms with Crippen LogP contribution in [0, 0.1) is 0 Å². The highest BCUT2D eigenvalue weighted by Gasteiger charge is 2.20. The van der Waals surface area contributed by atoms with Crippen LogP contribution in [0.5, 0.6) is 0 Å². The number of aliphatic hydroxyl groups is 1. The minimum atomic E-state index is -1.10. The van der Waals surface area contributed by atoms with Crippen LogP contribution in [0.1, 0.15) is 13.3 Å². The summed E-state index contributed by atoms with van der Waals surface area (Å²) in [5.74, 6) is -0.572. The zero-order valence-corrected chi connectivity index (χ0v) is 7.41. The molecule has 1 heterocycles. The molecule has 0 radical (unpaired) electrons. The Morgan fingerprint density at radius 2 is 2.46 bits per heavy atom. The largest absolute Gasteiger partial charge is 0.383 e. The first-order chi connectivity index (χ1) is 6.11. The van der Waals surface area contributed by atoms with Gasteiger partial charge < -0.3 is 10.4 Å². The maximum Gasteiger partial charge on any atom is 0.336 e. The fourth-order valence-corrected chi connectivity index (χ4v) is 0.963. The molecule has 1 unspecified atom stereocenters. The van der Waals surface area contributed by atoms with Crippen LogP contribution in [0.3, 0.4) is 0 Å². The number of carbonyl (C=O) groups is 2. The van der Waals surface area contributed by atoms with Gasteiger partial charge in [-0.1, -0.05) is 0 Å². The number of amides is 3. The Balaban J connectivity index is 2.43. The summed E-state index contributed by atoms with van der Waals surface area (Å²) in [6.45, 7) is 2.45. The summed E-state index contributed by atoms with van der Waals surface area (Å²) >= 11 is 0. The third kappa shape index (κ3) is 2.59. The van der Waals surface area contributed by atoms with Crippen molar-refractivity contribution in [3.05, 3.63) is 0 Å². The summed E-state index contributed by atoms with van der Waals surface area (Å²) in [6, 6.07) is -0.333. The number of rotatable bonds is 2. The first-order valence-electron chi connectivity index (χ1n) is 4.15. The molecule has 0 aromatic rings. The zero-order chi connectivity index (χ0) is 9.84. The molecule has 1 rings (SSSR count). The van der Waals surface area contributed by atoms with Crippen molar-refractivity contribution in [1.82, 2.24) is 15.8 Å². The molecule has 1 aliphatic heterocycles. The second-order valence-electron chi connectivity index (χ2n) is 2.89. The number of aliphatic hydroxyl groups excluding tert-OH is 1. The van der Waals surface area contributed by atoms with Crippen molar-refractivity contribution >= 4 is 11.9 Å². The Morgan fingerprint density at radius 3 is 3.00 bits per heavy atom.